The van der Waals surface area contributed by atoms with Crippen molar-refractivity contribution in [2.75, 3.05) is 0 Å². The molecule has 0 saturated carbocycles. The number of aliphatic hydroxyl groups excluding tert-OH is 2. The van der Waals surface area contributed by atoms with Crippen LogP contribution in [-0.2, 0) is 13.2 Å². The first-order valence-electron chi connectivity index (χ1n) is 21.6. The molecule has 66 heavy (non-hydrogen) atoms. The summed E-state index contributed by atoms with van der Waals surface area (Å²) in [5.41, 5.74) is 7.30. The van der Waals surface area contributed by atoms with Crippen molar-refractivity contribution >= 4 is 68.6 Å². The zero-order valence-electron chi connectivity index (χ0n) is 35.2. The van der Waals surface area contributed by atoms with Gasteiger partial charge in [-0.15, -0.1) is 0 Å². The smallest absolute Gasteiger partial charge is 0.136 e. The van der Waals surface area contributed by atoms with Crippen molar-refractivity contribution in [3.8, 4) is 56.4 Å². The average Bonchev–Trinajstić information content (AvgIpc) is 3.37. The summed E-state index contributed by atoms with van der Waals surface area (Å²) < 4.78 is 14.6. The maximum atomic E-state index is 10.5. The van der Waals surface area contributed by atoms with Crippen molar-refractivity contribution in [3.05, 3.63) is 205 Å². The zero-order chi connectivity index (χ0) is 44.1. The Labute approximate surface area is 399 Å². The molecule has 2 heterocycles. The molecule has 0 bridgehead atoms. The Morgan fingerprint density at radius 1 is 0.318 bits per heavy atom. The highest BCUT2D eigenvalue weighted by Gasteiger charge is 2.27. The van der Waals surface area contributed by atoms with Crippen LogP contribution in [0.3, 0.4) is 0 Å². The van der Waals surface area contributed by atoms with Crippen molar-refractivity contribution in [3.63, 3.8) is 0 Å². The van der Waals surface area contributed by atoms with E-state index in [9.17, 15) is 10.2 Å². The molecule has 2 N–H and O–H groups in total. The molecule has 12 rings (SSSR count). The summed E-state index contributed by atoms with van der Waals surface area (Å²) in [7, 11) is 0. The summed E-state index contributed by atoms with van der Waals surface area (Å²) in [4.78, 5) is 9.60. The van der Waals surface area contributed by atoms with E-state index in [1.54, 1.807) is 47.0 Å². The zero-order valence-corrected chi connectivity index (χ0v) is 38.5. The lowest BCUT2D eigenvalue weighted by Gasteiger charge is -2.24. The second-order valence-corrected chi connectivity index (χ2v) is 20.3. The molecule has 0 atom stereocenters. The van der Waals surface area contributed by atoms with Crippen LogP contribution < -0.4 is 9.47 Å². The van der Waals surface area contributed by atoms with Gasteiger partial charge in [0.05, 0.1) is 13.2 Å². The number of ether oxygens (including phenoxy) is 2. The molecule has 0 radical (unpaired) electrons. The minimum atomic E-state index is -0.0944. The Balaban J connectivity index is 1.03. The fraction of sp³-hybridized carbons (Fsp3) is 0.0345. The number of fused-ring (bicyclic) bond motifs is 6. The molecule has 2 aliphatic heterocycles. The Morgan fingerprint density at radius 3 is 1.14 bits per heavy atom. The maximum absolute atomic E-state index is 10.5. The fourth-order valence-electron chi connectivity index (χ4n) is 8.90. The van der Waals surface area contributed by atoms with E-state index in [1.165, 1.54) is 29.4 Å². The van der Waals surface area contributed by atoms with Crippen LogP contribution in [0.5, 0.6) is 23.0 Å². The van der Waals surface area contributed by atoms with E-state index in [-0.39, 0.29) is 13.2 Å². The average molecular weight is 927 g/mol. The van der Waals surface area contributed by atoms with E-state index < -0.39 is 0 Å². The monoisotopic (exact) mass is 926 g/mol. The highest BCUT2D eigenvalue weighted by atomic mass is 32.2. The molecule has 0 fully saturated rings. The van der Waals surface area contributed by atoms with Crippen molar-refractivity contribution in [2.24, 2.45) is 0 Å². The summed E-state index contributed by atoms with van der Waals surface area (Å²) in [5.74, 6) is 2.70. The van der Waals surface area contributed by atoms with Crippen LogP contribution in [0.25, 0.3) is 54.9 Å². The summed E-state index contributed by atoms with van der Waals surface area (Å²) in [6.07, 6.45) is 0. The second-order valence-electron chi connectivity index (χ2n) is 16.1. The van der Waals surface area contributed by atoms with Crippen LogP contribution in [-0.4, -0.2) is 10.2 Å². The Bertz CT molecular complexity index is 3320. The lowest BCUT2D eigenvalue weighted by atomic mass is 9.92. The van der Waals surface area contributed by atoms with Crippen LogP contribution in [0.1, 0.15) is 11.1 Å². The molecule has 0 saturated heterocycles. The van der Waals surface area contributed by atoms with E-state index in [0.29, 0.717) is 23.0 Å². The highest BCUT2D eigenvalue weighted by molar-refractivity contribution is 8.05. The fourth-order valence-corrected chi connectivity index (χ4v) is 13.7. The van der Waals surface area contributed by atoms with Gasteiger partial charge in [0, 0.05) is 72.5 Å². The van der Waals surface area contributed by atoms with Crippen molar-refractivity contribution in [1.82, 2.24) is 0 Å². The third-order valence-electron chi connectivity index (χ3n) is 12.0. The van der Waals surface area contributed by atoms with E-state index in [1.807, 2.05) is 24.3 Å². The molecular formula is C58H38O4S4. The minimum absolute atomic E-state index is 0.0944. The van der Waals surface area contributed by atoms with Gasteiger partial charge >= 0.3 is 0 Å². The molecule has 10 aromatic carbocycles. The van der Waals surface area contributed by atoms with Gasteiger partial charge in [-0.2, -0.15) is 0 Å². The van der Waals surface area contributed by atoms with Gasteiger partial charge in [-0.3, -0.25) is 0 Å². The van der Waals surface area contributed by atoms with Crippen LogP contribution >= 0.6 is 47.0 Å². The third-order valence-corrected chi connectivity index (χ3v) is 17.3. The largest absolute Gasteiger partial charge is 0.456 e. The highest BCUT2D eigenvalue weighted by Crippen LogP contribution is 2.56. The number of benzene rings is 10. The molecule has 8 heteroatoms. The lowest BCUT2D eigenvalue weighted by molar-refractivity contribution is 0.281. The Hall–Kier alpha value is -6.36. The second kappa shape index (κ2) is 17.5. The molecule has 4 nitrogen and oxygen atoms in total. The number of hydrogen-bond donors (Lipinski definition) is 2. The SMILES string of the molecule is OCc1ccc(Oc2ccc3ccccc3c2-c2c(Oc3ccc(CO)cc3-c3cccc4c3Sc3ccccc3S4)ccc3ccccc23)c(-c2cccc3c2Sc2ccccc2S3)c1. The summed E-state index contributed by atoms with van der Waals surface area (Å²) >= 11 is 7.11. The number of hydrogen-bond acceptors (Lipinski definition) is 8. The first-order valence-corrected chi connectivity index (χ1v) is 24.9. The molecule has 0 spiro atoms. The molecule has 0 amide bonds. The van der Waals surface area contributed by atoms with Crippen molar-refractivity contribution in [2.45, 2.75) is 52.4 Å². The molecule has 318 valence electrons. The van der Waals surface area contributed by atoms with Gasteiger partial charge in [-0.1, -0.05) is 168 Å². The quantitative estimate of drug-likeness (QED) is 0.148. The summed E-state index contributed by atoms with van der Waals surface area (Å²) in [5, 5.41) is 25.1. The number of aliphatic hydroxyl groups is 2. The van der Waals surface area contributed by atoms with Gasteiger partial charge in [0.15, 0.2) is 0 Å². The molecule has 0 aliphatic carbocycles. The molecular weight excluding hydrogens is 889 g/mol. The van der Waals surface area contributed by atoms with Crippen LogP contribution in [0.4, 0.5) is 0 Å². The summed E-state index contributed by atoms with van der Waals surface area (Å²) in [6, 6.07) is 67.1. The van der Waals surface area contributed by atoms with Crippen LogP contribution in [0, 0.1) is 0 Å². The standard InChI is InChI=1S/C58H38O4S4/c59-33-35-23-27-45(43(31-35)41-15-9-21-53-57(41)65-51-19-7-5-17-49(51)63-53)61-47-29-25-37-11-1-3-13-39(37)55(47)56-40-14-4-2-12-38(40)26-30-48(56)62-46-28-24-36(34-60)32-44(46)42-16-10-22-54-58(42)66-52-20-8-6-18-50(52)64-54/h1-32,59-60H,33-34H2. The first-order chi connectivity index (χ1) is 32.6. The maximum Gasteiger partial charge on any atom is 0.136 e. The number of rotatable bonds is 9. The van der Waals surface area contributed by atoms with Gasteiger partial charge in [-0.05, 0) is 105 Å². The van der Waals surface area contributed by atoms with Gasteiger partial charge in [-0.25, -0.2) is 0 Å². The van der Waals surface area contributed by atoms with Gasteiger partial charge in [0.2, 0.25) is 0 Å². The van der Waals surface area contributed by atoms with Gasteiger partial charge in [0.25, 0.3) is 0 Å². The summed E-state index contributed by atoms with van der Waals surface area (Å²) in [6.45, 7) is -0.189. The molecule has 2 aliphatic rings. The topological polar surface area (TPSA) is 58.9 Å². The van der Waals surface area contributed by atoms with E-state index >= 15 is 0 Å². The molecule has 0 aromatic heterocycles. The van der Waals surface area contributed by atoms with E-state index in [0.717, 1.165) is 75.8 Å². The Morgan fingerprint density at radius 2 is 0.697 bits per heavy atom. The Kier molecular flexibility index (Phi) is 10.9. The predicted molar refractivity (Wildman–Crippen MR) is 272 cm³/mol. The van der Waals surface area contributed by atoms with Gasteiger partial charge < -0.3 is 19.7 Å². The van der Waals surface area contributed by atoms with Crippen molar-refractivity contribution < 1.29 is 19.7 Å². The third kappa shape index (κ3) is 7.44. The van der Waals surface area contributed by atoms with E-state index in [2.05, 4.69) is 170 Å². The predicted octanol–water partition coefficient (Wildman–Crippen LogP) is 16.8. The van der Waals surface area contributed by atoms with Crippen LogP contribution in [0.2, 0.25) is 0 Å². The molecule has 0 unspecified atom stereocenters. The van der Waals surface area contributed by atoms with Gasteiger partial charge in [0.1, 0.15) is 23.0 Å². The van der Waals surface area contributed by atoms with Crippen molar-refractivity contribution in [1.29, 1.82) is 0 Å². The normalized spacial score (nSPS) is 12.6. The van der Waals surface area contributed by atoms with Crippen LogP contribution in [0.15, 0.2) is 233 Å². The van der Waals surface area contributed by atoms with E-state index in [4.69, 9.17) is 9.47 Å². The minimum Gasteiger partial charge on any atom is -0.456 e. The lowest BCUT2D eigenvalue weighted by Crippen LogP contribution is -1.99. The first kappa shape index (κ1) is 41.1. The molecule has 10 aromatic rings.